The van der Waals surface area contributed by atoms with Crippen molar-refractivity contribution in [3.63, 3.8) is 0 Å². The minimum atomic E-state index is -0.604. The summed E-state index contributed by atoms with van der Waals surface area (Å²) in [6.07, 6.45) is -0.423. The molecule has 184 valence electrons. The number of hydrogen-bond donors (Lipinski definition) is 4. The van der Waals surface area contributed by atoms with E-state index < -0.39 is 6.29 Å². The summed E-state index contributed by atoms with van der Waals surface area (Å²) in [5.41, 5.74) is 3.37. The molecule has 0 aliphatic carbocycles. The molecular formula is C26H35N3O5. The molecule has 34 heavy (non-hydrogen) atoms. The molecule has 2 fully saturated rings. The van der Waals surface area contributed by atoms with Gasteiger partial charge in [-0.1, -0.05) is 43.3 Å². The van der Waals surface area contributed by atoms with Crippen LogP contribution in [0, 0.1) is 5.92 Å². The molecule has 0 spiro atoms. The molecule has 2 aliphatic rings. The number of nitrogens with zero attached hydrogens (tertiary/aromatic N) is 1. The van der Waals surface area contributed by atoms with Crippen molar-refractivity contribution < 1.29 is 24.5 Å². The summed E-state index contributed by atoms with van der Waals surface area (Å²) in [6.45, 7) is 6.75. The van der Waals surface area contributed by atoms with E-state index >= 15 is 0 Å². The number of likely N-dealkylation sites (tertiary alicyclic amines) is 1. The van der Waals surface area contributed by atoms with Crippen molar-refractivity contribution in [1.82, 2.24) is 10.2 Å². The zero-order valence-corrected chi connectivity index (χ0v) is 19.8. The summed E-state index contributed by atoms with van der Waals surface area (Å²) in [5.74, 6) is 0.0746. The lowest BCUT2D eigenvalue weighted by Gasteiger charge is -2.42. The minimum Gasteiger partial charge on any atom is -0.392 e. The number of aliphatic hydroxyl groups is 2. The first-order valence-electron chi connectivity index (χ1n) is 12.0. The number of aliphatic hydroxyl groups excluding tert-OH is 2. The Hall–Kier alpha value is -2.49. The van der Waals surface area contributed by atoms with Crippen LogP contribution in [0.2, 0.25) is 0 Å². The molecule has 2 aliphatic heterocycles. The van der Waals surface area contributed by atoms with Gasteiger partial charge >= 0.3 is 6.03 Å². The average Bonchev–Trinajstić information content (AvgIpc) is 3.25. The maximum absolute atomic E-state index is 12.0. The van der Waals surface area contributed by atoms with Crippen molar-refractivity contribution in [3.05, 3.63) is 65.2 Å². The van der Waals surface area contributed by atoms with Crippen molar-refractivity contribution in [3.8, 4) is 0 Å². The Labute approximate surface area is 200 Å². The number of hydrogen-bond acceptors (Lipinski definition) is 6. The second-order valence-electron chi connectivity index (χ2n) is 9.13. The van der Waals surface area contributed by atoms with Gasteiger partial charge in [0, 0.05) is 43.3 Å². The highest BCUT2D eigenvalue weighted by atomic mass is 16.7. The number of carbonyl (C=O) groups excluding carboxylic acids is 1. The predicted molar refractivity (Wildman–Crippen MR) is 129 cm³/mol. The summed E-state index contributed by atoms with van der Waals surface area (Å²) in [5, 5.41) is 25.0. The Morgan fingerprint density at radius 3 is 2.62 bits per heavy atom. The molecule has 0 radical (unpaired) electrons. The number of carbonyl (C=O) groups is 1. The number of β-amino-alcohol motifs (C(OH)–C–C–N with tert-alkyl or cyclic N) is 1. The SMILES string of the molecule is CCNC(=O)Nc1cccc([C@H]2O[C@@H](CN3CC[C@H](O)C3)[C@@H](C)[C@@H](c3ccc(CO)cc3)O2)c1. The largest absolute Gasteiger partial charge is 0.392 e. The van der Waals surface area contributed by atoms with Crippen molar-refractivity contribution in [2.75, 3.05) is 31.5 Å². The molecule has 0 bridgehead atoms. The summed E-state index contributed by atoms with van der Waals surface area (Å²) >= 11 is 0. The van der Waals surface area contributed by atoms with E-state index in [1.165, 1.54) is 0 Å². The van der Waals surface area contributed by atoms with Gasteiger partial charge in [0.1, 0.15) is 0 Å². The third kappa shape index (κ3) is 5.95. The van der Waals surface area contributed by atoms with E-state index in [-0.39, 0.29) is 36.9 Å². The van der Waals surface area contributed by atoms with Crippen LogP contribution in [-0.4, -0.2) is 59.5 Å². The standard InChI is InChI=1S/C26H35N3O5/c1-3-27-26(32)28-21-6-4-5-20(13-21)25-33-23(15-29-12-11-22(31)14-29)17(2)24(34-25)19-9-7-18(16-30)8-10-19/h4-10,13,17,22-25,30-31H,3,11-12,14-16H2,1-2H3,(H2,27,28,32)/t17-,22+,23+,24+,25+/m1/s1. The van der Waals surface area contributed by atoms with Crippen LogP contribution in [0.3, 0.4) is 0 Å². The molecule has 2 saturated heterocycles. The highest BCUT2D eigenvalue weighted by molar-refractivity contribution is 5.89. The maximum atomic E-state index is 12.0. The highest BCUT2D eigenvalue weighted by Gasteiger charge is 2.39. The van der Waals surface area contributed by atoms with Gasteiger partial charge in [0.2, 0.25) is 0 Å². The Kier molecular flexibility index (Phi) is 8.18. The topological polar surface area (TPSA) is 103 Å². The Morgan fingerprint density at radius 1 is 1.15 bits per heavy atom. The zero-order valence-electron chi connectivity index (χ0n) is 19.8. The van der Waals surface area contributed by atoms with Crippen LogP contribution < -0.4 is 10.6 Å². The minimum absolute atomic E-state index is 0.00158. The molecule has 2 amide bonds. The van der Waals surface area contributed by atoms with Gasteiger partial charge in [-0.3, -0.25) is 4.90 Å². The molecule has 2 aromatic rings. The van der Waals surface area contributed by atoms with Crippen molar-refractivity contribution >= 4 is 11.7 Å². The number of anilines is 1. The fourth-order valence-electron chi connectivity index (χ4n) is 4.66. The molecule has 0 aromatic heterocycles. The molecule has 8 nitrogen and oxygen atoms in total. The Bertz CT molecular complexity index is 954. The van der Waals surface area contributed by atoms with E-state index in [0.29, 0.717) is 25.3 Å². The van der Waals surface area contributed by atoms with Crippen LogP contribution in [0.1, 0.15) is 49.4 Å². The van der Waals surface area contributed by atoms with E-state index in [2.05, 4.69) is 22.5 Å². The van der Waals surface area contributed by atoms with Gasteiger partial charge in [-0.05, 0) is 36.6 Å². The summed E-state index contributed by atoms with van der Waals surface area (Å²) in [7, 11) is 0. The molecule has 8 heteroatoms. The van der Waals surface area contributed by atoms with Gasteiger partial charge in [-0.15, -0.1) is 0 Å². The van der Waals surface area contributed by atoms with E-state index in [1.807, 2.05) is 55.5 Å². The summed E-state index contributed by atoms with van der Waals surface area (Å²) in [6, 6.07) is 15.1. The van der Waals surface area contributed by atoms with Gasteiger partial charge in [-0.25, -0.2) is 4.79 Å². The fourth-order valence-corrected chi connectivity index (χ4v) is 4.66. The third-order valence-corrected chi connectivity index (χ3v) is 6.56. The summed E-state index contributed by atoms with van der Waals surface area (Å²) in [4.78, 5) is 14.2. The maximum Gasteiger partial charge on any atom is 0.319 e. The van der Waals surface area contributed by atoms with Crippen LogP contribution in [0.4, 0.5) is 10.5 Å². The highest BCUT2D eigenvalue weighted by Crippen LogP contribution is 2.42. The summed E-state index contributed by atoms with van der Waals surface area (Å²) < 4.78 is 13.0. The van der Waals surface area contributed by atoms with Crippen LogP contribution >= 0.6 is 0 Å². The monoisotopic (exact) mass is 469 g/mol. The van der Waals surface area contributed by atoms with E-state index in [0.717, 1.165) is 29.7 Å². The lowest BCUT2D eigenvalue weighted by molar-refractivity contribution is -0.276. The first-order chi connectivity index (χ1) is 16.5. The van der Waals surface area contributed by atoms with Gasteiger partial charge in [0.25, 0.3) is 0 Å². The molecule has 2 heterocycles. The lowest BCUT2D eigenvalue weighted by Crippen LogP contribution is -2.44. The molecule has 0 saturated carbocycles. The number of benzene rings is 2. The number of nitrogens with one attached hydrogen (secondary N) is 2. The quantitative estimate of drug-likeness (QED) is 0.497. The first-order valence-corrected chi connectivity index (χ1v) is 12.0. The van der Waals surface area contributed by atoms with Crippen molar-refractivity contribution in [1.29, 1.82) is 0 Å². The van der Waals surface area contributed by atoms with Crippen LogP contribution in [0.5, 0.6) is 0 Å². The smallest absolute Gasteiger partial charge is 0.319 e. The molecule has 4 rings (SSSR count). The van der Waals surface area contributed by atoms with Crippen LogP contribution in [0.25, 0.3) is 0 Å². The molecule has 2 aromatic carbocycles. The Morgan fingerprint density at radius 2 is 1.94 bits per heavy atom. The van der Waals surface area contributed by atoms with Crippen LogP contribution in [0.15, 0.2) is 48.5 Å². The average molecular weight is 470 g/mol. The number of urea groups is 1. The van der Waals surface area contributed by atoms with Gasteiger partial charge in [0.15, 0.2) is 6.29 Å². The lowest BCUT2D eigenvalue weighted by atomic mass is 9.90. The zero-order chi connectivity index (χ0) is 24.1. The second kappa shape index (κ2) is 11.3. The van der Waals surface area contributed by atoms with E-state index in [1.54, 1.807) is 0 Å². The molecule has 5 atom stereocenters. The number of ether oxygens (including phenoxy) is 2. The van der Waals surface area contributed by atoms with Crippen LogP contribution in [-0.2, 0) is 16.1 Å². The molecular weight excluding hydrogens is 434 g/mol. The molecule has 4 N–H and O–H groups in total. The van der Waals surface area contributed by atoms with Crippen molar-refractivity contribution in [2.24, 2.45) is 5.92 Å². The second-order valence-corrected chi connectivity index (χ2v) is 9.13. The number of amides is 2. The fraction of sp³-hybridized carbons (Fsp3) is 0.500. The normalized spacial score (nSPS) is 27.5. The Balaban J connectivity index is 1.57. The third-order valence-electron chi connectivity index (χ3n) is 6.56. The van der Waals surface area contributed by atoms with Gasteiger partial charge in [-0.2, -0.15) is 0 Å². The first kappa shape index (κ1) is 24.6. The van der Waals surface area contributed by atoms with E-state index in [4.69, 9.17) is 9.47 Å². The number of rotatable bonds is 7. The van der Waals surface area contributed by atoms with Crippen molar-refractivity contribution in [2.45, 2.75) is 51.5 Å². The molecule has 0 unspecified atom stereocenters. The van der Waals surface area contributed by atoms with Gasteiger partial charge in [0.05, 0.1) is 24.9 Å². The van der Waals surface area contributed by atoms with E-state index in [9.17, 15) is 15.0 Å². The predicted octanol–water partition coefficient (Wildman–Crippen LogP) is 3.18. The van der Waals surface area contributed by atoms with Gasteiger partial charge < -0.3 is 30.3 Å².